The van der Waals surface area contributed by atoms with Crippen molar-refractivity contribution in [3.8, 4) is 0 Å². The molecule has 0 saturated carbocycles. The van der Waals surface area contributed by atoms with E-state index in [1.807, 2.05) is 0 Å². The Morgan fingerprint density at radius 1 is 0.418 bits per heavy atom. The number of carbonyl (C=O) groups excluding carboxylic acids is 2. The highest BCUT2D eigenvalue weighted by molar-refractivity contribution is 5.76. The molecule has 0 bridgehead atoms. The summed E-state index contributed by atoms with van der Waals surface area (Å²) in [6, 6.07) is -0.545. The Morgan fingerprint density at radius 3 is 1.13 bits per heavy atom. The highest BCUT2D eigenvalue weighted by Gasteiger charge is 2.20. The van der Waals surface area contributed by atoms with Crippen molar-refractivity contribution in [2.45, 2.75) is 341 Å². The summed E-state index contributed by atoms with van der Waals surface area (Å²) in [6.45, 7) is 4.86. The molecule has 0 fully saturated rings. The average molecular weight is 945 g/mol. The van der Waals surface area contributed by atoms with Crippen LogP contribution < -0.4 is 5.32 Å². The molecule has 0 aromatic heterocycles. The van der Waals surface area contributed by atoms with Gasteiger partial charge in [0.25, 0.3) is 0 Å². The molecular formula is C61H117NO5. The molecule has 0 saturated heterocycles. The van der Waals surface area contributed by atoms with Gasteiger partial charge in [-0.25, -0.2) is 0 Å². The van der Waals surface area contributed by atoms with Crippen LogP contribution >= 0.6 is 0 Å². The molecule has 0 spiro atoms. The zero-order valence-corrected chi connectivity index (χ0v) is 45.1. The van der Waals surface area contributed by atoms with Crippen LogP contribution in [0, 0.1) is 0 Å². The lowest BCUT2D eigenvalue weighted by molar-refractivity contribution is -0.143. The molecule has 3 N–H and O–H groups in total. The zero-order valence-electron chi connectivity index (χ0n) is 45.1. The fraction of sp³-hybridized carbons (Fsp3) is 0.902. The SMILES string of the molecule is CCCCCCCCCCCCCCCCCC(O)C(CO)NC(=O)CCCCCCCCCCCCCCCC/C=C\C/C=C\CCOC(=O)CCCCCCCCCCCCCCCC. The summed E-state index contributed by atoms with van der Waals surface area (Å²) < 4.78 is 5.42. The van der Waals surface area contributed by atoms with Gasteiger partial charge in [0, 0.05) is 12.8 Å². The van der Waals surface area contributed by atoms with Crippen LogP contribution in [0.15, 0.2) is 24.3 Å². The van der Waals surface area contributed by atoms with E-state index in [2.05, 4.69) is 43.5 Å². The number of carbonyl (C=O) groups is 2. The molecule has 396 valence electrons. The van der Waals surface area contributed by atoms with Crippen LogP contribution in [0.25, 0.3) is 0 Å². The van der Waals surface area contributed by atoms with Gasteiger partial charge >= 0.3 is 5.97 Å². The third-order valence-electron chi connectivity index (χ3n) is 14.0. The molecule has 67 heavy (non-hydrogen) atoms. The lowest BCUT2D eigenvalue weighted by Crippen LogP contribution is -2.45. The standard InChI is InChI=1S/C61H117NO5/c1-3-5-7-9-11-13-15-17-26-29-33-37-41-45-49-53-59(64)58(57-63)62-60(65)54-50-46-42-38-34-30-27-24-22-20-19-21-23-25-28-32-36-40-44-48-52-56-67-61(66)55-51-47-43-39-35-31-18-16-14-12-10-8-6-4-2/h32,36,44,48,58-59,63-64H,3-31,33-35,37-43,45-47,49-57H2,1-2H3,(H,62,65)/b36-32-,48-44-. The Hall–Kier alpha value is -1.66. The number of hydrogen-bond acceptors (Lipinski definition) is 5. The van der Waals surface area contributed by atoms with E-state index < -0.39 is 12.1 Å². The lowest BCUT2D eigenvalue weighted by atomic mass is 10.0. The number of allylic oxidation sites excluding steroid dienone is 3. The van der Waals surface area contributed by atoms with Crippen molar-refractivity contribution in [1.82, 2.24) is 5.32 Å². The first-order valence-electron chi connectivity index (χ1n) is 30.1. The third kappa shape index (κ3) is 53.5. The minimum absolute atomic E-state index is 0.0326. The molecule has 0 aromatic rings. The Balaban J connectivity index is 3.44. The van der Waals surface area contributed by atoms with Crippen LogP contribution in [0.3, 0.4) is 0 Å². The highest BCUT2D eigenvalue weighted by Crippen LogP contribution is 2.18. The molecular weight excluding hydrogens is 827 g/mol. The Morgan fingerprint density at radius 2 is 0.746 bits per heavy atom. The summed E-state index contributed by atoms with van der Waals surface area (Å²) in [6.07, 6.45) is 69.1. The summed E-state index contributed by atoms with van der Waals surface area (Å²) in [4.78, 5) is 24.5. The second-order valence-electron chi connectivity index (χ2n) is 20.7. The van der Waals surface area contributed by atoms with Crippen LogP contribution in [0.1, 0.15) is 328 Å². The van der Waals surface area contributed by atoms with E-state index in [9.17, 15) is 19.8 Å². The molecule has 0 aliphatic carbocycles. The molecule has 0 rings (SSSR count). The van der Waals surface area contributed by atoms with E-state index in [4.69, 9.17) is 4.74 Å². The number of aliphatic hydroxyl groups is 2. The van der Waals surface area contributed by atoms with E-state index in [-0.39, 0.29) is 18.5 Å². The molecule has 2 unspecified atom stereocenters. The summed E-state index contributed by atoms with van der Waals surface area (Å²) in [5.41, 5.74) is 0. The van der Waals surface area contributed by atoms with E-state index in [0.29, 0.717) is 25.9 Å². The molecule has 6 nitrogen and oxygen atoms in total. The van der Waals surface area contributed by atoms with E-state index in [1.165, 1.54) is 244 Å². The van der Waals surface area contributed by atoms with Gasteiger partial charge in [-0.2, -0.15) is 0 Å². The summed E-state index contributed by atoms with van der Waals surface area (Å²) in [5.74, 6) is -0.0705. The third-order valence-corrected chi connectivity index (χ3v) is 14.0. The van der Waals surface area contributed by atoms with Crippen molar-refractivity contribution in [3.05, 3.63) is 24.3 Å². The number of rotatable bonds is 56. The minimum atomic E-state index is -0.667. The maximum absolute atomic E-state index is 12.5. The molecule has 0 aromatic carbocycles. The number of nitrogens with one attached hydrogen (secondary N) is 1. The van der Waals surface area contributed by atoms with E-state index >= 15 is 0 Å². The smallest absolute Gasteiger partial charge is 0.305 e. The summed E-state index contributed by atoms with van der Waals surface area (Å²) >= 11 is 0. The quantitative estimate of drug-likeness (QED) is 0.0321. The van der Waals surface area contributed by atoms with E-state index in [0.717, 1.165) is 51.4 Å². The average Bonchev–Trinajstić information content (AvgIpc) is 3.33. The van der Waals surface area contributed by atoms with Gasteiger partial charge in [0.15, 0.2) is 0 Å². The second-order valence-corrected chi connectivity index (χ2v) is 20.7. The van der Waals surface area contributed by atoms with Gasteiger partial charge < -0.3 is 20.3 Å². The van der Waals surface area contributed by atoms with Gasteiger partial charge in [-0.1, -0.05) is 295 Å². The van der Waals surface area contributed by atoms with Crippen molar-refractivity contribution in [2.24, 2.45) is 0 Å². The zero-order chi connectivity index (χ0) is 48.6. The Labute approximate surface area is 418 Å². The van der Waals surface area contributed by atoms with E-state index in [1.54, 1.807) is 0 Å². The summed E-state index contributed by atoms with van der Waals surface area (Å²) in [5, 5.41) is 23.3. The highest BCUT2D eigenvalue weighted by atomic mass is 16.5. The largest absolute Gasteiger partial charge is 0.465 e. The van der Waals surface area contributed by atoms with Crippen molar-refractivity contribution >= 4 is 11.9 Å². The predicted molar refractivity (Wildman–Crippen MR) is 292 cm³/mol. The number of ether oxygens (including phenoxy) is 1. The van der Waals surface area contributed by atoms with Crippen molar-refractivity contribution in [1.29, 1.82) is 0 Å². The number of hydrogen-bond donors (Lipinski definition) is 3. The first kappa shape index (κ1) is 65.3. The molecule has 2 atom stereocenters. The van der Waals surface area contributed by atoms with Gasteiger partial charge in [0.2, 0.25) is 5.91 Å². The first-order valence-corrected chi connectivity index (χ1v) is 30.1. The molecule has 0 heterocycles. The maximum Gasteiger partial charge on any atom is 0.305 e. The van der Waals surface area contributed by atoms with Crippen LogP contribution in [-0.2, 0) is 14.3 Å². The molecule has 0 radical (unpaired) electrons. The topological polar surface area (TPSA) is 95.9 Å². The minimum Gasteiger partial charge on any atom is -0.465 e. The first-order chi connectivity index (χ1) is 33.0. The van der Waals surface area contributed by atoms with Crippen LogP contribution in [0.4, 0.5) is 0 Å². The van der Waals surface area contributed by atoms with Gasteiger partial charge in [0.1, 0.15) is 0 Å². The lowest BCUT2D eigenvalue weighted by Gasteiger charge is -2.22. The van der Waals surface area contributed by atoms with Crippen LogP contribution in [0.5, 0.6) is 0 Å². The van der Waals surface area contributed by atoms with Gasteiger partial charge in [-0.3, -0.25) is 9.59 Å². The fourth-order valence-electron chi connectivity index (χ4n) is 9.42. The van der Waals surface area contributed by atoms with Crippen molar-refractivity contribution < 1.29 is 24.5 Å². The monoisotopic (exact) mass is 944 g/mol. The summed E-state index contributed by atoms with van der Waals surface area (Å²) in [7, 11) is 0. The van der Waals surface area contributed by atoms with Crippen molar-refractivity contribution in [3.63, 3.8) is 0 Å². The maximum atomic E-state index is 12.5. The van der Waals surface area contributed by atoms with Crippen molar-refractivity contribution in [2.75, 3.05) is 13.2 Å². The van der Waals surface area contributed by atoms with Crippen LogP contribution in [0.2, 0.25) is 0 Å². The van der Waals surface area contributed by atoms with Crippen LogP contribution in [-0.4, -0.2) is 47.4 Å². The van der Waals surface area contributed by atoms with Gasteiger partial charge in [0.05, 0.1) is 25.4 Å². The molecule has 1 amide bonds. The second kappa shape index (κ2) is 56.9. The Bertz CT molecular complexity index is 1040. The normalized spacial score (nSPS) is 12.7. The fourth-order valence-corrected chi connectivity index (χ4v) is 9.42. The number of aliphatic hydroxyl groups excluding tert-OH is 2. The molecule has 6 heteroatoms. The number of unbranched alkanes of at least 4 members (excludes halogenated alkanes) is 41. The van der Waals surface area contributed by atoms with Gasteiger partial charge in [-0.15, -0.1) is 0 Å². The number of amides is 1. The number of esters is 1. The van der Waals surface area contributed by atoms with Gasteiger partial charge in [-0.05, 0) is 44.9 Å². The molecule has 0 aliphatic heterocycles. The predicted octanol–water partition coefficient (Wildman–Crippen LogP) is 18.6. The molecule has 0 aliphatic rings. The Kier molecular flexibility index (Phi) is 55.5.